The van der Waals surface area contributed by atoms with E-state index < -0.39 is 21.9 Å². The monoisotopic (exact) mass is 442 g/mol. The van der Waals surface area contributed by atoms with E-state index in [4.69, 9.17) is 4.74 Å². The molecule has 3 aromatic rings. The van der Waals surface area contributed by atoms with Gasteiger partial charge in [0.2, 0.25) is 6.41 Å². The van der Waals surface area contributed by atoms with Crippen molar-refractivity contribution in [1.29, 1.82) is 0 Å². The molecule has 0 radical (unpaired) electrons. The maximum absolute atomic E-state index is 13.1. The topological polar surface area (TPSA) is 102 Å². The summed E-state index contributed by atoms with van der Waals surface area (Å²) in [5, 5.41) is 4.90. The summed E-state index contributed by atoms with van der Waals surface area (Å²) in [5.74, 6) is -0.846. The molecule has 2 aromatic carbocycles. The van der Waals surface area contributed by atoms with Crippen LogP contribution in [0.3, 0.4) is 0 Å². The number of carbonyl (C=O) groups is 2. The Hall–Kier alpha value is -3.30. The summed E-state index contributed by atoms with van der Waals surface area (Å²) in [6.45, 7) is 0. The van der Waals surface area contributed by atoms with Crippen molar-refractivity contribution in [2.45, 2.75) is 6.10 Å². The molecule has 0 bridgehead atoms. The fourth-order valence-electron chi connectivity index (χ4n) is 2.70. The van der Waals surface area contributed by atoms with Crippen molar-refractivity contribution in [3.8, 4) is 0 Å². The van der Waals surface area contributed by atoms with Gasteiger partial charge in [-0.25, -0.2) is 18.2 Å². The fourth-order valence-corrected chi connectivity index (χ4v) is 4.01. The standard InChI is InChI=1S/C21H18N2O5S2/c1-30(26,27)13-17(18-12-29-21(23-18)22-14-24)20(25)28-19(15-8-4-2-5-9-15)16-10-6-3-7-11-16/h2-14,19H,1H3,(H,22,23,24)/b17-13-. The predicted octanol–water partition coefficient (Wildman–Crippen LogP) is 3.43. The summed E-state index contributed by atoms with van der Waals surface area (Å²) in [7, 11) is -3.67. The second-order valence-corrected chi connectivity index (χ2v) is 9.02. The van der Waals surface area contributed by atoms with E-state index in [1.165, 1.54) is 5.38 Å². The minimum absolute atomic E-state index is 0.0969. The number of anilines is 1. The zero-order valence-electron chi connectivity index (χ0n) is 15.9. The van der Waals surface area contributed by atoms with E-state index in [0.29, 0.717) is 6.41 Å². The lowest BCUT2D eigenvalue weighted by Crippen LogP contribution is -2.15. The predicted molar refractivity (Wildman–Crippen MR) is 115 cm³/mol. The van der Waals surface area contributed by atoms with E-state index in [1.54, 1.807) is 0 Å². The molecule has 0 aliphatic carbocycles. The van der Waals surface area contributed by atoms with Crippen LogP contribution in [0.1, 0.15) is 22.9 Å². The van der Waals surface area contributed by atoms with Crippen molar-refractivity contribution in [3.63, 3.8) is 0 Å². The lowest BCUT2D eigenvalue weighted by atomic mass is 10.0. The molecule has 1 amide bonds. The number of hydrogen-bond donors (Lipinski definition) is 1. The molecule has 1 N–H and O–H groups in total. The largest absolute Gasteiger partial charge is 0.449 e. The third kappa shape index (κ3) is 5.62. The van der Waals surface area contributed by atoms with E-state index >= 15 is 0 Å². The number of ether oxygens (including phenoxy) is 1. The summed E-state index contributed by atoms with van der Waals surface area (Å²) in [5.41, 5.74) is 1.35. The quantitative estimate of drug-likeness (QED) is 0.326. The average molecular weight is 443 g/mol. The Kier molecular flexibility index (Phi) is 6.76. The van der Waals surface area contributed by atoms with Crippen LogP contribution in [0.2, 0.25) is 0 Å². The first kappa shape index (κ1) is 21.4. The van der Waals surface area contributed by atoms with Crippen molar-refractivity contribution >= 4 is 44.3 Å². The number of hydrogen-bond acceptors (Lipinski definition) is 7. The highest BCUT2D eigenvalue weighted by Crippen LogP contribution is 2.30. The van der Waals surface area contributed by atoms with Crippen molar-refractivity contribution in [1.82, 2.24) is 4.98 Å². The molecular formula is C21H18N2O5S2. The van der Waals surface area contributed by atoms with Crippen molar-refractivity contribution in [2.24, 2.45) is 0 Å². The minimum atomic E-state index is -3.67. The number of amides is 1. The molecule has 0 atom stereocenters. The lowest BCUT2D eigenvalue weighted by Gasteiger charge is -2.19. The summed E-state index contributed by atoms with van der Waals surface area (Å²) in [6.07, 6.45) is 0.680. The molecular weight excluding hydrogens is 424 g/mol. The van der Waals surface area contributed by atoms with E-state index in [2.05, 4.69) is 10.3 Å². The smallest absolute Gasteiger partial charge is 0.342 e. The Morgan fingerprint density at radius 3 is 2.13 bits per heavy atom. The number of sulfone groups is 1. The third-order valence-corrected chi connectivity index (χ3v) is 5.38. The molecule has 9 heteroatoms. The van der Waals surface area contributed by atoms with Gasteiger partial charge in [-0.15, -0.1) is 11.3 Å². The summed E-state index contributed by atoms with van der Waals surface area (Å²) in [6, 6.07) is 18.3. The highest BCUT2D eigenvalue weighted by molar-refractivity contribution is 7.93. The fraction of sp³-hybridized carbons (Fsp3) is 0.0952. The Bertz CT molecular complexity index is 1120. The molecule has 0 saturated carbocycles. The molecule has 0 saturated heterocycles. The number of thiazole rings is 1. The van der Waals surface area contributed by atoms with Gasteiger partial charge in [0.1, 0.15) is 0 Å². The average Bonchev–Trinajstić information content (AvgIpc) is 3.19. The second kappa shape index (κ2) is 9.47. The molecule has 0 fully saturated rings. The Morgan fingerprint density at radius 1 is 1.07 bits per heavy atom. The van der Waals surface area contributed by atoms with E-state index in [-0.39, 0.29) is 16.4 Å². The molecule has 0 aliphatic heterocycles. The van der Waals surface area contributed by atoms with Gasteiger partial charge in [-0.3, -0.25) is 4.79 Å². The molecule has 0 unspecified atom stereocenters. The number of carbonyl (C=O) groups excluding carboxylic acids is 2. The Balaban J connectivity index is 2.00. The van der Waals surface area contributed by atoms with Crippen LogP contribution >= 0.6 is 11.3 Å². The molecule has 154 valence electrons. The number of aromatic nitrogens is 1. The van der Waals surface area contributed by atoms with Crippen molar-refractivity contribution in [3.05, 3.63) is 88.3 Å². The number of nitrogens with one attached hydrogen (secondary N) is 1. The zero-order valence-corrected chi connectivity index (χ0v) is 17.5. The molecule has 1 heterocycles. The molecule has 0 spiro atoms. The maximum atomic E-state index is 13.1. The molecule has 1 aromatic heterocycles. The van der Waals surface area contributed by atoms with Gasteiger partial charge in [0, 0.05) is 17.0 Å². The van der Waals surface area contributed by atoms with Crippen LogP contribution in [-0.2, 0) is 24.2 Å². The van der Waals surface area contributed by atoms with Crippen LogP contribution in [-0.4, -0.2) is 32.0 Å². The zero-order chi connectivity index (χ0) is 21.6. The first-order chi connectivity index (χ1) is 14.4. The van der Waals surface area contributed by atoms with Crippen molar-refractivity contribution < 1.29 is 22.7 Å². The first-order valence-electron chi connectivity index (χ1n) is 8.76. The van der Waals surface area contributed by atoms with Crippen LogP contribution < -0.4 is 5.32 Å². The van der Waals surface area contributed by atoms with Crippen LogP contribution in [0.4, 0.5) is 5.13 Å². The third-order valence-electron chi connectivity index (χ3n) is 3.94. The summed E-state index contributed by atoms with van der Waals surface area (Å²) >= 11 is 1.06. The van der Waals surface area contributed by atoms with Gasteiger partial charge in [0.25, 0.3) is 0 Å². The van der Waals surface area contributed by atoms with Gasteiger partial charge in [-0.05, 0) is 11.1 Å². The van der Waals surface area contributed by atoms with E-state index in [1.807, 2.05) is 60.7 Å². The van der Waals surface area contributed by atoms with Gasteiger partial charge >= 0.3 is 5.97 Å². The number of nitrogens with zero attached hydrogens (tertiary/aromatic N) is 1. The highest BCUT2D eigenvalue weighted by Gasteiger charge is 2.25. The lowest BCUT2D eigenvalue weighted by molar-refractivity contribution is -0.140. The minimum Gasteiger partial charge on any atom is -0.449 e. The molecule has 7 nitrogen and oxygen atoms in total. The highest BCUT2D eigenvalue weighted by atomic mass is 32.2. The SMILES string of the molecule is CS(=O)(=O)/C=C(\C(=O)OC(c1ccccc1)c1ccccc1)c1csc(NC=O)n1. The van der Waals surface area contributed by atoms with Gasteiger partial charge in [-0.1, -0.05) is 60.7 Å². The Labute approximate surface area is 178 Å². The van der Waals surface area contributed by atoms with E-state index in [0.717, 1.165) is 34.1 Å². The summed E-state index contributed by atoms with van der Waals surface area (Å²) < 4.78 is 29.6. The number of benzene rings is 2. The molecule has 3 rings (SSSR count). The summed E-state index contributed by atoms with van der Waals surface area (Å²) in [4.78, 5) is 27.8. The van der Waals surface area contributed by atoms with Gasteiger partial charge in [0.15, 0.2) is 21.1 Å². The van der Waals surface area contributed by atoms with Gasteiger partial charge < -0.3 is 10.1 Å². The second-order valence-electron chi connectivity index (χ2n) is 6.27. The normalized spacial score (nSPS) is 11.9. The number of esters is 1. The maximum Gasteiger partial charge on any atom is 0.342 e. The van der Waals surface area contributed by atoms with Gasteiger partial charge in [0.05, 0.1) is 11.3 Å². The Morgan fingerprint density at radius 2 is 1.63 bits per heavy atom. The van der Waals surface area contributed by atoms with Crippen LogP contribution in [0.15, 0.2) is 71.5 Å². The molecule has 30 heavy (non-hydrogen) atoms. The van der Waals surface area contributed by atoms with Crippen LogP contribution in [0.5, 0.6) is 0 Å². The molecule has 0 aliphatic rings. The van der Waals surface area contributed by atoms with Crippen LogP contribution in [0, 0.1) is 0 Å². The van der Waals surface area contributed by atoms with Gasteiger partial charge in [-0.2, -0.15) is 0 Å². The first-order valence-corrected chi connectivity index (χ1v) is 11.6. The number of rotatable bonds is 8. The van der Waals surface area contributed by atoms with Crippen LogP contribution in [0.25, 0.3) is 5.57 Å². The van der Waals surface area contributed by atoms with E-state index in [9.17, 15) is 18.0 Å². The van der Waals surface area contributed by atoms with Crippen molar-refractivity contribution in [2.75, 3.05) is 11.6 Å².